The average Bonchev–Trinajstić information content (AvgIpc) is 3.49. The van der Waals surface area contributed by atoms with E-state index in [9.17, 15) is 17.6 Å². The van der Waals surface area contributed by atoms with Crippen molar-refractivity contribution in [3.05, 3.63) is 40.5 Å². The number of halogens is 2. The van der Waals surface area contributed by atoms with Crippen LogP contribution < -0.4 is 4.90 Å². The van der Waals surface area contributed by atoms with Gasteiger partial charge in [-0.15, -0.1) is 11.3 Å². The smallest absolute Gasteiger partial charge is 0.253 e. The Labute approximate surface area is 205 Å². The van der Waals surface area contributed by atoms with Gasteiger partial charge in [0.25, 0.3) is 10.0 Å². The fourth-order valence-corrected chi connectivity index (χ4v) is 8.14. The monoisotopic (exact) mass is 530 g/mol. The van der Waals surface area contributed by atoms with Crippen LogP contribution in [0.1, 0.15) is 19.3 Å². The summed E-state index contributed by atoms with van der Waals surface area (Å²) in [4.78, 5) is 21.9. The molecule has 0 radical (unpaired) electrons. The Bertz CT molecular complexity index is 1260. The molecule has 2 aromatic heterocycles. The predicted molar refractivity (Wildman–Crippen MR) is 131 cm³/mol. The maximum absolute atomic E-state index is 13.7. The largest absolute Gasteiger partial charge is 0.309 e. The Kier molecular flexibility index (Phi) is 7.37. The number of thiazole rings is 1. The van der Waals surface area contributed by atoms with Crippen LogP contribution in [0.2, 0.25) is 4.34 Å². The maximum atomic E-state index is 13.7. The van der Waals surface area contributed by atoms with Crippen molar-refractivity contribution in [1.29, 1.82) is 0 Å². The third-order valence-electron chi connectivity index (χ3n) is 5.42. The molecule has 0 aliphatic carbocycles. The molecule has 1 aromatic carbocycles. The number of benzene rings is 1. The van der Waals surface area contributed by atoms with E-state index in [1.165, 1.54) is 33.8 Å². The Morgan fingerprint density at radius 1 is 1.24 bits per heavy atom. The summed E-state index contributed by atoms with van der Waals surface area (Å²) in [5.41, 5.74) is 0.603. The Hall–Kier alpha value is -1.63. The molecule has 178 valence electrons. The van der Waals surface area contributed by atoms with Gasteiger partial charge in [0.1, 0.15) is 16.1 Å². The molecule has 1 fully saturated rings. The van der Waals surface area contributed by atoms with E-state index in [1.54, 1.807) is 17.0 Å². The van der Waals surface area contributed by atoms with Crippen LogP contribution in [0.15, 0.2) is 34.5 Å². The number of amides is 1. The lowest BCUT2D eigenvalue weighted by molar-refractivity contribution is -0.121. The van der Waals surface area contributed by atoms with Crippen molar-refractivity contribution in [2.24, 2.45) is 0 Å². The SMILES string of the molecule is CN(C)CCCN(C(=O)C1CCCN1S(=O)(=O)c1ccc(Cl)s1)c1nc2ccc(F)cc2s1. The van der Waals surface area contributed by atoms with Crippen LogP contribution >= 0.6 is 34.3 Å². The van der Waals surface area contributed by atoms with Gasteiger partial charge in [-0.05, 0) is 70.2 Å². The van der Waals surface area contributed by atoms with Crippen molar-refractivity contribution in [1.82, 2.24) is 14.2 Å². The van der Waals surface area contributed by atoms with E-state index in [2.05, 4.69) is 4.98 Å². The quantitative estimate of drug-likeness (QED) is 0.434. The number of sulfonamides is 1. The number of aromatic nitrogens is 1. The highest BCUT2D eigenvalue weighted by Gasteiger charge is 2.42. The standard InChI is InChI=1S/C21H24ClFN4O3S3/c1-25(2)10-4-11-26(21-24-15-7-6-14(23)13-17(15)31-21)20(28)16-5-3-12-27(16)33(29,30)19-9-8-18(22)32-19/h6-9,13,16H,3-5,10-12H2,1-2H3. The predicted octanol–water partition coefficient (Wildman–Crippen LogP) is 4.29. The number of nitrogens with zero attached hydrogens (tertiary/aromatic N) is 4. The summed E-state index contributed by atoms with van der Waals surface area (Å²) in [6.07, 6.45) is 1.70. The van der Waals surface area contributed by atoms with Crippen molar-refractivity contribution in [3.8, 4) is 0 Å². The fraction of sp³-hybridized carbons (Fsp3) is 0.429. The third-order valence-corrected chi connectivity index (χ3v) is 10.1. The van der Waals surface area contributed by atoms with E-state index in [4.69, 9.17) is 11.6 Å². The molecule has 1 aliphatic heterocycles. The number of hydrogen-bond donors (Lipinski definition) is 0. The summed E-state index contributed by atoms with van der Waals surface area (Å²) < 4.78 is 42.6. The zero-order chi connectivity index (χ0) is 23.8. The van der Waals surface area contributed by atoms with Crippen LogP contribution in [-0.2, 0) is 14.8 Å². The first-order valence-corrected chi connectivity index (χ1v) is 13.9. The highest BCUT2D eigenvalue weighted by molar-refractivity contribution is 7.91. The highest BCUT2D eigenvalue weighted by Crippen LogP contribution is 2.35. The lowest BCUT2D eigenvalue weighted by Crippen LogP contribution is -2.48. The third kappa shape index (κ3) is 5.23. The van der Waals surface area contributed by atoms with Gasteiger partial charge >= 0.3 is 0 Å². The Balaban J connectivity index is 1.65. The summed E-state index contributed by atoms with van der Waals surface area (Å²) in [6.45, 7) is 1.41. The molecule has 1 aliphatic rings. The second kappa shape index (κ2) is 9.93. The minimum absolute atomic E-state index is 0.127. The fourth-order valence-electron chi connectivity index (χ4n) is 3.85. The molecule has 1 unspecified atom stereocenters. The summed E-state index contributed by atoms with van der Waals surface area (Å²) in [5.74, 6) is -0.678. The van der Waals surface area contributed by atoms with Crippen molar-refractivity contribution in [2.45, 2.75) is 29.5 Å². The first-order chi connectivity index (χ1) is 15.7. The van der Waals surface area contributed by atoms with Crippen LogP contribution in [0.5, 0.6) is 0 Å². The van der Waals surface area contributed by atoms with Gasteiger partial charge in [-0.2, -0.15) is 4.31 Å². The summed E-state index contributed by atoms with van der Waals surface area (Å²) in [6, 6.07) is 6.51. The molecular weight excluding hydrogens is 507 g/mol. The molecule has 3 heterocycles. The van der Waals surface area contributed by atoms with Gasteiger partial charge in [0.05, 0.1) is 14.6 Å². The summed E-state index contributed by atoms with van der Waals surface area (Å²) >= 11 is 8.17. The van der Waals surface area contributed by atoms with Crippen molar-refractivity contribution in [3.63, 3.8) is 0 Å². The molecule has 1 amide bonds. The molecule has 0 spiro atoms. The molecule has 12 heteroatoms. The van der Waals surface area contributed by atoms with Gasteiger partial charge < -0.3 is 4.90 Å². The lowest BCUT2D eigenvalue weighted by Gasteiger charge is -2.28. The van der Waals surface area contributed by atoms with Crippen LogP contribution in [0.4, 0.5) is 9.52 Å². The van der Waals surface area contributed by atoms with Gasteiger partial charge in [0, 0.05) is 13.1 Å². The molecule has 0 bridgehead atoms. The number of rotatable bonds is 8. The molecule has 3 aromatic rings. The topological polar surface area (TPSA) is 73.8 Å². The molecule has 4 rings (SSSR count). The first kappa shape index (κ1) is 24.5. The molecule has 7 nitrogen and oxygen atoms in total. The van der Waals surface area contributed by atoms with Crippen LogP contribution in [-0.4, -0.2) is 68.3 Å². The van der Waals surface area contributed by atoms with Gasteiger partial charge in [-0.3, -0.25) is 9.69 Å². The number of carbonyl (C=O) groups excluding carboxylic acids is 1. The number of fused-ring (bicyclic) bond motifs is 1. The molecule has 0 N–H and O–H groups in total. The van der Waals surface area contributed by atoms with E-state index in [-0.39, 0.29) is 22.5 Å². The van der Waals surface area contributed by atoms with Gasteiger partial charge in [-0.25, -0.2) is 17.8 Å². The highest BCUT2D eigenvalue weighted by atomic mass is 35.5. The van der Waals surface area contributed by atoms with Crippen molar-refractivity contribution < 1.29 is 17.6 Å². The van der Waals surface area contributed by atoms with Crippen LogP contribution in [0, 0.1) is 5.82 Å². The molecule has 1 atom stereocenters. The Morgan fingerprint density at radius 3 is 2.73 bits per heavy atom. The summed E-state index contributed by atoms with van der Waals surface area (Å²) in [5, 5.41) is 0.447. The van der Waals surface area contributed by atoms with Crippen LogP contribution in [0.25, 0.3) is 10.2 Å². The van der Waals surface area contributed by atoms with E-state index < -0.39 is 16.1 Å². The molecular formula is C21H24ClFN4O3S3. The summed E-state index contributed by atoms with van der Waals surface area (Å²) in [7, 11) is 0.0501. The number of thiophene rings is 1. The van der Waals surface area contributed by atoms with Gasteiger partial charge in [0.2, 0.25) is 5.91 Å². The molecule has 0 saturated carbocycles. The van der Waals surface area contributed by atoms with E-state index in [1.807, 2.05) is 19.0 Å². The maximum Gasteiger partial charge on any atom is 0.253 e. The normalized spacial score (nSPS) is 17.3. The van der Waals surface area contributed by atoms with Crippen molar-refractivity contribution >= 4 is 65.6 Å². The Morgan fingerprint density at radius 2 is 2.03 bits per heavy atom. The second-order valence-electron chi connectivity index (χ2n) is 8.09. The van der Waals surface area contributed by atoms with Crippen molar-refractivity contribution in [2.75, 3.05) is 38.6 Å². The lowest BCUT2D eigenvalue weighted by atomic mass is 10.2. The minimum atomic E-state index is -3.85. The average molecular weight is 531 g/mol. The zero-order valence-electron chi connectivity index (χ0n) is 18.2. The zero-order valence-corrected chi connectivity index (χ0v) is 21.4. The number of anilines is 1. The minimum Gasteiger partial charge on any atom is -0.309 e. The first-order valence-electron chi connectivity index (χ1n) is 10.5. The van der Waals surface area contributed by atoms with Gasteiger partial charge in [0.15, 0.2) is 5.13 Å². The number of hydrogen-bond acceptors (Lipinski definition) is 7. The second-order valence-corrected chi connectivity index (χ2v) is 12.9. The van der Waals surface area contributed by atoms with Crippen LogP contribution in [0.3, 0.4) is 0 Å². The molecule has 33 heavy (non-hydrogen) atoms. The van der Waals surface area contributed by atoms with Gasteiger partial charge in [-0.1, -0.05) is 22.9 Å². The van der Waals surface area contributed by atoms with E-state index in [0.29, 0.717) is 45.5 Å². The molecule has 1 saturated heterocycles. The van der Waals surface area contributed by atoms with E-state index >= 15 is 0 Å². The number of carbonyl (C=O) groups is 1. The van der Waals surface area contributed by atoms with E-state index in [0.717, 1.165) is 17.9 Å².